The van der Waals surface area contributed by atoms with Crippen LogP contribution in [0.25, 0.3) is 0 Å². The largest absolute Gasteiger partial charge is 0.496 e. The van der Waals surface area contributed by atoms with Gasteiger partial charge in [-0.2, -0.15) is 0 Å². The number of carbonyl (C=O) groups excluding carboxylic acids is 1. The Morgan fingerprint density at radius 2 is 1.90 bits per heavy atom. The number of ether oxygens (including phenoxy) is 1. The van der Waals surface area contributed by atoms with Crippen molar-refractivity contribution in [2.75, 3.05) is 7.11 Å². The van der Waals surface area contributed by atoms with Gasteiger partial charge >= 0.3 is 0 Å². The lowest BCUT2D eigenvalue weighted by Crippen LogP contribution is -2.03. The third-order valence-electron chi connectivity index (χ3n) is 2.54. The Balaban J connectivity index is 2.36. The summed E-state index contributed by atoms with van der Waals surface area (Å²) < 4.78 is 5.14. The first kappa shape index (κ1) is 14.6. The lowest BCUT2D eigenvalue weighted by atomic mass is 10.2. The van der Waals surface area contributed by atoms with Crippen LogP contribution in [0.3, 0.4) is 0 Å². The molecule has 0 heterocycles. The summed E-state index contributed by atoms with van der Waals surface area (Å²) in [5, 5.41) is 0.156. The van der Waals surface area contributed by atoms with Crippen LogP contribution in [0.4, 0.5) is 0 Å². The molecule has 0 saturated carbocycles. The highest BCUT2D eigenvalue weighted by Gasteiger charge is 2.15. The number of thioether (sulfide) groups is 1. The first-order valence-corrected chi connectivity index (χ1v) is 6.96. The van der Waals surface area contributed by atoms with Gasteiger partial charge in [0, 0.05) is 5.02 Å². The fraction of sp³-hybridized carbons (Fsp3) is 0.0667. The maximum Gasteiger partial charge on any atom is 0.228 e. The van der Waals surface area contributed by atoms with E-state index in [0.29, 0.717) is 21.2 Å². The molecule has 2 aromatic carbocycles. The maximum atomic E-state index is 12.3. The van der Waals surface area contributed by atoms with Gasteiger partial charge in [-0.3, -0.25) is 9.59 Å². The van der Waals surface area contributed by atoms with Gasteiger partial charge in [-0.05, 0) is 42.1 Å². The van der Waals surface area contributed by atoms with E-state index in [1.807, 2.05) is 0 Å². The summed E-state index contributed by atoms with van der Waals surface area (Å²) >= 11 is 6.76. The molecule has 3 nitrogen and oxygen atoms in total. The van der Waals surface area contributed by atoms with Crippen LogP contribution in [-0.2, 0) is 0 Å². The maximum absolute atomic E-state index is 12.3. The van der Waals surface area contributed by atoms with Crippen molar-refractivity contribution in [3.05, 3.63) is 69.3 Å². The van der Waals surface area contributed by atoms with Gasteiger partial charge in [0.2, 0.25) is 5.12 Å². The van der Waals surface area contributed by atoms with Crippen LogP contribution in [0.15, 0.2) is 58.2 Å². The molecule has 2 rings (SSSR count). The van der Waals surface area contributed by atoms with Crippen LogP contribution in [-0.4, -0.2) is 12.2 Å². The fourth-order valence-corrected chi connectivity index (χ4v) is 2.55. The Morgan fingerprint density at radius 1 is 1.15 bits per heavy atom. The van der Waals surface area contributed by atoms with E-state index in [4.69, 9.17) is 16.3 Å². The molecule has 0 aliphatic rings. The van der Waals surface area contributed by atoms with Crippen molar-refractivity contribution in [3.63, 3.8) is 0 Å². The minimum Gasteiger partial charge on any atom is -0.496 e. The lowest BCUT2D eigenvalue weighted by Gasteiger charge is -2.07. The van der Waals surface area contributed by atoms with Gasteiger partial charge in [-0.15, -0.1) is 0 Å². The summed E-state index contributed by atoms with van der Waals surface area (Å²) in [5.41, 5.74) is 0.144. The van der Waals surface area contributed by atoms with Gasteiger partial charge in [0.1, 0.15) is 5.75 Å². The molecule has 0 amide bonds. The fourth-order valence-electron chi connectivity index (χ4n) is 1.59. The van der Waals surface area contributed by atoms with Crippen molar-refractivity contribution in [1.29, 1.82) is 0 Å². The second-order valence-corrected chi connectivity index (χ2v) is 5.32. The highest BCUT2D eigenvalue weighted by Crippen LogP contribution is 2.28. The first-order chi connectivity index (χ1) is 9.61. The van der Waals surface area contributed by atoms with E-state index in [1.165, 1.54) is 19.2 Å². The standard InChI is InChI=1S/C15H11ClO3S/c1-19-13-8-7-10(16)9-11(13)15(18)20-14-6-4-2-3-5-12(14)17/h2-9H,1H3. The molecule has 0 aromatic heterocycles. The molecule has 0 bridgehead atoms. The molecule has 20 heavy (non-hydrogen) atoms. The van der Waals surface area contributed by atoms with Crippen molar-refractivity contribution in [2.24, 2.45) is 0 Å². The number of methoxy groups -OCH3 is 1. The Bertz CT molecular complexity index is 701. The summed E-state index contributed by atoms with van der Waals surface area (Å²) in [7, 11) is 1.48. The SMILES string of the molecule is COc1ccc(Cl)cc1C(=O)Sc1cccccc1=O. The summed E-state index contributed by atoms with van der Waals surface area (Å²) in [5.74, 6) is 0.430. The van der Waals surface area contributed by atoms with Crippen LogP contribution in [0.1, 0.15) is 10.4 Å². The minimum absolute atomic E-state index is 0.200. The van der Waals surface area contributed by atoms with Crippen molar-refractivity contribution < 1.29 is 9.53 Å². The molecule has 0 atom stereocenters. The van der Waals surface area contributed by atoms with Crippen LogP contribution >= 0.6 is 23.4 Å². The van der Waals surface area contributed by atoms with E-state index in [-0.39, 0.29) is 10.5 Å². The molecule has 0 fully saturated rings. The molecule has 0 aliphatic heterocycles. The van der Waals surface area contributed by atoms with E-state index in [1.54, 1.807) is 36.4 Å². The van der Waals surface area contributed by atoms with Crippen molar-refractivity contribution >= 4 is 28.5 Å². The molecule has 5 heteroatoms. The van der Waals surface area contributed by atoms with Crippen molar-refractivity contribution in [2.45, 2.75) is 4.90 Å². The summed E-state index contributed by atoms with van der Waals surface area (Å²) in [6.45, 7) is 0. The average molecular weight is 307 g/mol. The van der Waals surface area contributed by atoms with Gasteiger partial charge in [0.05, 0.1) is 17.6 Å². The average Bonchev–Trinajstić information content (AvgIpc) is 2.64. The number of benzene rings is 1. The predicted octanol–water partition coefficient (Wildman–Crippen LogP) is 3.64. The Labute approximate surface area is 125 Å². The summed E-state index contributed by atoms with van der Waals surface area (Å²) in [6.07, 6.45) is 0. The smallest absolute Gasteiger partial charge is 0.228 e. The summed E-state index contributed by atoms with van der Waals surface area (Å²) in [6, 6.07) is 12.9. The Morgan fingerprint density at radius 3 is 2.65 bits per heavy atom. The van der Waals surface area contributed by atoms with Gasteiger partial charge < -0.3 is 4.74 Å². The van der Waals surface area contributed by atoms with Crippen LogP contribution in [0.2, 0.25) is 5.02 Å². The normalized spacial score (nSPS) is 10.1. The zero-order valence-corrected chi connectivity index (χ0v) is 12.2. The molecule has 102 valence electrons. The highest BCUT2D eigenvalue weighted by atomic mass is 35.5. The van der Waals surface area contributed by atoms with E-state index in [2.05, 4.69) is 0 Å². The third kappa shape index (κ3) is 3.40. The van der Waals surface area contributed by atoms with E-state index >= 15 is 0 Å². The first-order valence-electron chi connectivity index (χ1n) is 5.77. The second-order valence-electron chi connectivity index (χ2n) is 3.87. The van der Waals surface area contributed by atoms with Gasteiger partial charge in [0.15, 0.2) is 5.43 Å². The zero-order chi connectivity index (χ0) is 14.5. The minimum atomic E-state index is -0.285. The van der Waals surface area contributed by atoms with E-state index in [9.17, 15) is 9.59 Å². The van der Waals surface area contributed by atoms with Crippen LogP contribution < -0.4 is 10.2 Å². The number of carbonyl (C=O) groups is 1. The molecule has 2 aromatic rings. The molecule has 0 saturated heterocycles. The van der Waals surface area contributed by atoms with Crippen LogP contribution in [0, 0.1) is 0 Å². The highest BCUT2D eigenvalue weighted by molar-refractivity contribution is 8.14. The molecule has 0 unspecified atom stereocenters. The molecule has 0 radical (unpaired) electrons. The molecular formula is C15H11ClO3S. The molecule has 0 spiro atoms. The van der Waals surface area contributed by atoms with Gasteiger partial charge in [-0.25, -0.2) is 0 Å². The number of halogens is 1. The number of hydrogen-bond acceptors (Lipinski definition) is 4. The quantitative estimate of drug-likeness (QED) is 0.812. The number of rotatable bonds is 3. The van der Waals surface area contributed by atoms with Crippen molar-refractivity contribution in [3.8, 4) is 5.75 Å². The molecule has 0 aliphatic carbocycles. The molecular weight excluding hydrogens is 296 g/mol. The third-order valence-corrected chi connectivity index (χ3v) is 3.74. The van der Waals surface area contributed by atoms with Crippen molar-refractivity contribution in [1.82, 2.24) is 0 Å². The van der Waals surface area contributed by atoms with E-state index in [0.717, 1.165) is 11.8 Å². The number of hydrogen-bond donors (Lipinski definition) is 0. The monoisotopic (exact) mass is 306 g/mol. The van der Waals surface area contributed by atoms with Crippen LogP contribution in [0.5, 0.6) is 5.75 Å². The Kier molecular flexibility index (Phi) is 4.82. The topological polar surface area (TPSA) is 43.4 Å². The lowest BCUT2D eigenvalue weighted by molar-refractivity contribution is 0.108. The van der Waals surface area contributed by atoms with Gasteiger partial charge in [-0.1, -0.05) is 29.8 Å². The summed E-state index contributed by atoms with van der Waals surface area (Å²) in [4.78, 5) is 24.4. The van der Waals surface area contributed by atoms with E-state index < -0.39 is 0 Å². The zero-order valence-electron chi connectivity index (χ0n) is 10.6. The van der Waals surface area contributed by atoms with Gasteiger partial charge in [0.25, 0.3) is 0 Å². The molecule has 0 N–H and O–H groups in total. The predicted molar refractivity (Wildman–Crippen MR) is 80.9 cm³/mol. The Hall–Kier alpha value is -1.78. The second kappa shape index (κ2) is 6.59.